The van der Waals surface area contributed by atoms with Crippen molar-refractivity contribution in [2.24, 2.45) is 0 Å². The Morgan fingerprint density at radius 2 is 1.96 bits per heavy atom. The number of carbonyl (C=O) groups is 1. The predicted octanol–water partition coefficient (Wildman–Crippen LogP) is 2.64. The predicted molar refractivity (Wildman–Crippen MR) is 88.4 cm³/mol. The molecular weight excluding hydrogens is 288 g/mol. The number of rotatable bonds is 3. The van der Waals surface area contributed by atoms with Crippen LogP contribution in [0.4, 0.5) is 0 Å². The van der Waals surface area contributed by atoms with Gasteiger partial charge in [0.05, 0.1) is 0 Å². The minimum absolute atomic E-state index is 0.179. The Morgan fingerprint density at radius 3 is 2.65 bits per heavy atom. The molecule has 0 atom stereocenters. The van der Waals surface area contributed by atoms with Gasteiger partial charge in [-0.25, -0.2) is 4.98 Å². The molecule has 5 nitrogen and oxygen atoms in total. The Morgan fingerprint density at radius 1 is 1.22 bits per heavy atom. The molecule has 1 fully saturated rings. The molecule has 0 radical (unpaired) electrons. The highest BCUT2D eigenvalue weighted by Crippen LogP contribution is 2.31. The fourth-order valence-electron chi connectivity index (χ4n) is 3.02. The molecule has 23 heavy (non-hydrogen) atoms. The standard InChI is InChI=1S/C18H20N4O/c1-2-6-16(23)19-15-11-9-14(10-12-15)18-20-17(21-22-18)13-7-4-3-5-8-13/h3-5,7-8,14-15H,9-12H2,1H3,(H,19,23)(H,20,21,22). The van der Waals surface area contributed by atoms with Crippen molar-refractivity contribution >= 4 is 5.91 Å². The lowest BCUT2D eigenvalue weighted by Gasteiger charge is -2.27. The van der Waals surface area contributed by atoms with Crippen molar-refractivity contribution in [1.82, 2.24) is 20.5 Å². The molecule has 0 spiro atoms. The molecule has 1 heterocycles. The lowest BCUT2D eigenvalue weighted by atomic mass is 9.85. The minimum atomic E-state index is -0.179. The molecule has 1 saturated carbocycles. The number of benzene rings is 1. The normalized spacial score (nSPS) is 20.4. The first-order chi connectivity index (χ1) is 11.3. The van der Waals surface area contributed by atoms with E-state index >= 15 is 0 Å². The summed E-state index contributed by atoms with van der Waals surface area (Å²) < 4.78 is 0. The van der Waals surface area contributed by atoms with Crippen LogP contribution in [0.3, 0.4) is 0 Å². The van der Waals surface area contributed by atoms with Gasteiger partial charge in [0.1, 0.15) is 5.82 Å². The van der Waals surface area contributed by atoms with E-state index in [1.165, 1.54) is 0 Å². The third kappa shape index (κ3) is 3.78. The van der Waals surface area contributed by atoms with Crippen molar-refractivity contribution in [2.45, 2.75) is 44.6 Å². The molecule has 1 aromatic carbocycles. The first-order valence-electron chi connectivity index (χ1n) is 7.97. The van der Waals surface area contributed by atoms with Gasteiger partial charge in [-0.05, 0) is 38.5 Å². The fourth-order valence-corrected chi connectivity index (χ4v) is 3.02. The summed E-state index contributed by atoms with van der Waals surface area (Å²) in [6.07, 6.45) is 3.88. The molecule has 3 rings (SSSR count). The first-order valence-corrected chi connectivity index (χ1v) is 7.97. The molecule has 118 valence electrons. The smallest absolute Gasteiger partial charge is 0.296 e. The number of H-pyrrole nitrogens is 1. The summed E-state index contributed by atoms with van der Waals surface area (Å²) >= 11 is 0. The Labute approximate surface area is 135 Å². The van der Waals surface area contributed by atoms with E-state index in [2.05, 4.69) is 32.3 Å². The lowest BCUT2D eigenvalue weighted by Crippen LogP contribution is -2.36. The number of nitrogens with zero attached hydrogens (tertiary/aromatic N) is 2. The topological polar surface area (TPSA) is 70.7 Å². The van der Waals surface area contributed by atoms with Gasteiger partial charge in [-0.3, -0.25) is 9.89 Å². The van der Waals surface area contributed by atoms with Crippen LogP contribution in [0.1, 0.15) is 44.3 Å². The third-order valence-electron chi connectivity index (χ3n) is 4.22. The van der Waals surface area contributed by atoms with Gasteiger partial charge in [-0.15, -0.1) is 0 Å². The lowest BCUT2D eigenvalue weighted by molar-refractivity contribution is -0.116. The van der Waals surface area contributed by atoms with Crippen LogP contribution in [-0.4, -0.2) is 27.1 Å². The van der Waals surface area contributed by atoms with E-state index < -0.39 is 0 Å². The largest absolute Gasteiger partial charge is 0.343 e. The number of aromatic amines is 1. The minimum Gasteiger partial charge on any atom is -0.343 e. The molecule has 5 heteroatoms. The monoisotopic (exact) mass is 308 g/mol. The Hall–Kier alpha value is -2.61. The number of nitrogens with one attached hydrogen (secondary N) is 2. The Bertz CT molecular complexity index is 718. The van der Waals surface area contributed by atoms with Crippen molar-refractivity contribution in [2.75, 3.05) is 0 Å². The molecule has 0 saturated heterocycles. The quantitative estimate of drug-likeness (QED) is 0.856. The van der Waals surface area contributed by atoms with Gasteiger partial charge in [0, 0.05) is 17.5 Å². The maximum absolute atomic E-state index is 11.5. The van der Waals surface area contributed by atoms with Gasteiger partial charge >= 0.3 is 0 Å². The summed E-state index contributed by atoms with van der Waals surface area (Å²) in [4.78, 5) is 16.2. The Balaban J connectivity index is 1.59. The van der Waals surface area contributed by atoms with E-state index in [1.807, 2.05) is 30.3 Å². The summed E-state index contributed by atoms with van der Waals surface area (Å²) in [7, 11) is 0. The maximum Gasteiger partial charge on any atom is 0.296 e. The molecule has 1 amide bonds. The zero-order valence-electron chi connectivity index (χ0n) is 13.2. The molecule has 0 aliphatic heterocycles. The highest BCUT2D eigenvalue weighted by atomic mass is 16.1. The molecule has 1 aliphatic carbocycles. The van der Waals surface area contributed by atoms with Crippen molar-refractivity contribution in [1.29, 1.82) is 0 Å². The summed E-state index contributed by atoms with van der Waals surface area (Å²) in [6, 6.07) is 10.2. The average Bonchev–Trinajstić information content (AvgIpc) is 3.07. The second kappa shape index (κ2) is 7.10. The van der Waals surface area contributed by atoms with Gasteiger partial charge in [0.2, 0.25) is 0 Å². The number of hydrogen-bond acceptors (Lipinski definition) is 3. The van der Waals surface area contributed by atoms with Crippen LogP contribution in [-0.2, 0) is 4.79 Å². The molecule has 1 aliphatic rings. The number of amides is 1. The van der Waals surface area contributed by atoms with E-state index in [9.17, 15) is 4.79 Å². The van der Waals surface area contributed by atoms with Crippen LogP contribution in [0, 0.1) is 11.8 Å². The van der Waals surface area contributed by atoms with Gasteiger partial charge in [0.15, 0.2) is 5.82 Å². The zero-order chi connectivity index (χ0) is 16.1. The highest BCUT2D eigenvalue weighted by Gasteiger charge is 2.25. The molecule has 0 unspecified atom stereocenters. The van der Waals surface area contributed by atoms with E-state index in [4.69, 9.17) is 0 Å². The summed E-state index contributed by atoms with van der Waals surface area (Å²) in [5, 5.41) is 10.4. The SMILES string of the molecule is CC#CC(=O)NC1CCC(c2nc(-c3ccccc3)n[nH]2)CC1. The van der Waals surface area contributed by atoms with E-state index in [-0.39, 0.29) is 11.9 Å². The molecule has 1 aromatic heterocycles. The molecule has 2 N–H and O–H groups in total. The van der Waals surface area contributed by atoms with Crippen molar-refractivity contribution in [3.8, 4) is 23.2 Å². The van der Waals surface area contributed by atoms with Crippen LogP contribution in [0.5, 0.6) is 0 Å². The second-order valence-electron chi connectivity index (χ2n) is 5.81. The number of aromatic nitrogens is 3. The van der Waals surface area contributed by atoms with Crippen molar-refractivity contribution in [3.05, 3.63) is 36.2 Å². The van der Waals surface area contributed by atoms with Gasteiger partial charge in [-0.2, -0.15) is 5.10 Å². The Kier molecular flexibility index (Phi) is 4.72. The van der Waals surface area contributed by atoms with E-state index in [1.54, 1.807) is 6.92 Å². The van der Waals surface area contributed by atoms with Gasteiger partial charge in [0.25, 0.3) is 5.91 Å². The van der Waals surface area contributed by atoms with E-state index in [0.717, 1.165) is 42.9 Å². The summed E-state index contributed by atoms with van der Waals surface area (Å²) in [5.41, 5.74) is 1.02. The van der Waals surface area contributed by atoms with E-state index in [0.29, 0.717) is 5.92 Å². The van der Waals surface area contributed by atoms with Crippen molar-refractivity contribution in [3.63, 3.8) is 0 Å². The maximum atomic E-state index is 11.5. The van der Waals surface area contributed by atoms with Crippen LogP contribution in [0.25, 0.3) is 11.4 Å². The summed E-state index contributed by atoms with van der Waals surface area (Å²) in [6.45, 7) is 1.67. The highest BCUT2D eigenvalue weighted by molar-refractivity contribution is 5.93. The third-order valence-corrected chi connectivity index (χ3v) is 4.22. The number of hydrogen-bond donors (Lipinski definition) is 2. The summed E-state index contributed by atoms with van der Waals surface area (Å²) in [5.74, 6) is 7.05. The van der Waals surface area contributed by atoms with Crippen molar-refractivity contribution < 1.29 is 4.79 Å². The fraction of sp³-hybridized carbons (Fsp3) is 0.389. The van der Waals surface area contributed by atoms with Crippen LogP contribution < -0.4 is 5.32 Å². The first kappa shape index (κ1) is 15.3. The van der Waals surface area contributed by atoms with Crippen LogP contribution in [0.2, 0.25) is 0 Å². The zero-order valence-corrected chi connectivity index (χ0v) is 13.2. The molecular formula is C18H20N4O. The second-order valence-corrected chi connectivity index (χ2v) is 5.81. The van der Waals surface area contributed by atoms with Crippen LogP contribution in [0.15, 0.2) is 30.3 Å². The average molecular weight is 308 g/mol. The van der Waals surface area contributed by atoms with Crippen LogP contribution >= 0.6 is 0 Å². The number of carbonyl (C=O) groups excluding carboxylic acids is 1. The molecule has 2 aromatic rings. The van der Waals surface area contributed by atoms with Gasteiger partial charge in [-0.1, -0.05) is 36.3 Å². The van der Waals surface area contributed by atoms with Gasteiger partial charge < -0.3 is 5.32 Å². The molecule has 0 bridgehead atoms.